The topological polar surface area (TPSA) is 83.6 Å². The molecule has 7 heteroatoms. The minimum absolute atomic E-state index is 0.00973. The van der Waals surface area contributed by atoms with E-state index in [1.54, 1.807) is 23.1 Å². The summed E-state index contributed by atoms with van der Waals surface area (Å²) in [5.41, 5.74) is 3.29. The van der Waals surface area contributed by atoms with Crippen molar-refractivity contribution in [2.75, 3.05) is 16.0 Å². The summed E-state index contributed by atoms with van der Waals surface area (Å²) in [4.78, 5) is 26.3. The van der Waals surface area contributed by atoms with Gasteiger partial charge in [-0.05, 0) is 61.7 Å². The van der Waals surface area contributed by atoms with E-state index in [0.717, 1.165) is 16.8 Å². The van der Waals surface area contributed by atoms with Crippen LogP contribution in [0.2, 0.25) is 0 Å². The van der Waals surface area contributed by atoms with Gasteiger partial charge >= 0.3 is 0 Å². The molecule has 2 amide bonds. The van der Waals surface area contributed by atoms with E-state index in [-0.39, 0.29) is 34.9 Å². The summed E-state index contributed by atoms with van der Waals surface area (Å²) < 4.78 is 25.5. The molecule has 0 saturated heterocycles. The lowest BCUT2D eigenvalue weighted by atomic mass is 10.1. The van der Waals surface area contributed by atoms with Crippen molar-refractivity contribution in [1.29, 1.82) is 0 Å². The van der Waals surface area contributed by atoms with Crippen molar-refractivity contribution < 1.29 is 18.0 Å². The lowest BCUT2D eigenvalue weighted by Gasteiger charge is -2.22. The lowest BCUT2D eigenvalue weighted by molar-refractivity contribution is -0.118. The molecule has 0 fully saturated rings. The second-order valence-corrected chi connectivity index (χ2v) is 9.56. The fraction of sp³-hybridized carbons (Fsp3) is 0.364. The monoisotopic (exact) mass is 414 g/mol. The Balaban J connectivity index is 1.70. The van der Waals surface area contributed by atoms with Crippen molar-refractivity contribution in [3.05, 3.63) is 53.6 Å². The van der Waals surface area contributed by atoms with Crippen LogP contribution in [0.1, 0.15) is 37.8 Å². The molecule has 29 heavy (non-hydrogen) atoms. The van der Waals surface area contributed by atoms with E-state index in [0.29, 0.717) is 18.5 Å². The molecule has 0 radical (unpaired) electrons. The average molecular weight is 415 g/mol. The summed E-state index contributed by atoms with van der Waals surface area (Å²) in [5.74, 6) is -0.579. The molecule has 1 atom stereocenters. The molecule has 154 valence electrons. The first-order chi connectivity index (χ1) is 13.7. The van der Waals surface area contributed by atoms with Crippen molar-refractivity contribution >= 4 is 33.0 Å². The van der Waals surface area contributed by atoms with Crippen LogP contribution in [0.15, 0.2) is 47.4 Å². The van der Waals surface area contributed by atoms with E-state index in [9.17, 15) is 18.0 Å². The summed E-state index contributed by atoms with van der Waals surface area (Å²) in [5, 5.41) is 2.73. The van der Waals surface area contributed by atoms with Crippen LogP contribution >= 0.6 is 0 Å². The van der Waals surface area contributed by atoms with Crippen LogP contribution in [0.3, 0.4) is 0 Å². The van der Waals surface area contributed by atoms with E-state index in [4.69, 9.17) is 0 Å². The third kappa shape index (κ3) is 4.67. The Hall–Kier alpha value is -2.67. The number of carbonyl (C=O) groups is 2. The Morgan fingerprint density at radius 1 is 1.17 bits per heavy atom. The van der Waals surface area contributed by atoms with Gasteiger partial charge in [0.1, 0.15) is 0 Å². The quantitative estimate of drug-likeness (QED) is 0.784. The minimum atomic E-state index is -3.60. The predicted molar refractivity (Wildman–Crippen MR) is 114 cm³/mol. The molecular weight excluding hydrogens is 388 g/mol. The third-order valence-corrected chi connectivity index (χ3v) is 6.81. The second-order valence-electron chi connectivity index (χ2n) is 7.45. The van der Waals surface area contributed by atoms with Crippen LogP contribution in [0.5, 0.6) is 0 Å². The van der Waals surface area contributed by atoms with Crippen molar-refractivity contribution in [3.63, 3.8) is 0 Å². The molecule has 2 aromatic carbocycles. The van der Waals surface area contributed by atoms with Crippen LogP contribution in [0.4, 0.5) is 11.4 Å². The summed E-state index contributed by atoms with van der Waals surface area (Å²) in [6, 6.07) is 12.2. The maximum absolute atomic E-state index is 12.7. The van der Waals surface area contributed by atoms with Gasteiger partial charge in [-0.1, -0.05) is 19.1 Å². The molecular formula is C22H26N2O4S. The van der Waals surface area contributed by atoms with Gasteiger partial charge in [-0.25, -0.2) is 8.42 Å². The molecule has 0 saturated carbocycles. The van der Waals surface area contributed by atoms with Crippen LogP contribution in [-0.2, 0) is 25.8 Å². The number of sulfone groups is 1. The van der Waals surface area contributed by atoms with Gasteiger partial charge in [-0.3, -0.25) is 9.59 Å². The number of hydrogen-bond donors (Lipinski definition) is 1. The standard InChI is InChI=1S/C22H26N2O4S/c1-4-22(26)24-16(3)13-17-14-19(8-9-20(17)24)29(27,28)11-10-21(25)23-18-7-5-6-15(2)12-18/h5-9,12,14,16H,4,10-11,13H2,1-3H3,(H,23,25). The van der Waals surface area contributed by atoms with E-state index in [2.05, 4.69) is 5.32 Å². The highest BCUT2D eigenvalue weighted by atomic mass is 32.2. The summed E-state index contributed by atoms with van der Waals surface area (Å²) >= 11 is 0. The van der Waals surface area contributed by atoms with E-state index < -0.39 is 9.84 Å². The number of amides is 2. The van der Waals surface area contributed by atoms with Crippen molar-refractivity contribution in [3.8, 4) is 0 Å². The van der Waals surface area contributed by atoms with Gasteiger partial charge in [0, 0.05) is 30.3 Å². The Kier molecular flexibility index (Phi) is 6.07. The van der Waals surface area contributed by atoms with Crippen LogP contribution in [0.25, 0.3) is 0 Å². The van der Waals surface area contributed by atoms with Gasteiger partial charge in [0.2, 0.25) is 11.8 Å². The number of hydrogen-bond acceptors (Lipinski definition) is 4. The minimum Gasteiger partial charge on any atom is -0.326 e. The first-order valence-electron chi connectivity index (χ1n) is 9.75. The maximum atomic E-state index is 12.7. The first-order valence-corrected chi connectivity index (χ1v) is 11.4. The molecule has 1 aliphatic rings. The highest BCUT2D eigenvalue weighted by molar-refractivity contribution is 7.91. The summed E-state index contributed by atoms with van der Waals surface area (Å²) in [6.45, 7) is 5.69. The van der Waals surface area contributed by atoms with Crippen LogP contribution in [0, 0.1) is 6.92 Å². The highest BCUT2D eigenvalue weighted by Crippen LogP contribution is 2.34. The number of anilines is 2. The Labute approximate surface area is 171 Å². The maximum Gasteiger partial charge on any atom is 0.226 e. The molecule has 0 bridgehead atoms. The number of fused-ring (bicyclic) bond motifs is 1. The fourth-order valence-corrected chi connectivity index (χ4v) is 4.93. The lowest BCUT2D eigenvalue weighted by Crippen LogP contribution is -2.35. The zero-order valence-corrected chi connectivity index (χ0v) is 17.8. The summed E-state index contributed by atoms with van der Waals surface area (Å²) in [6.07, 6.45) is 0.905. The first kappa shape index (κ1) is 21.0. The van der Waals surface area contributed by atoms with Crippen LogP contribution < -0.4 is 10.2 Å². The van der Waals surface area contributed by atoms with Gasteiger partial charge in [0.05, 0.1) is 10.6 Å². The van der Waals surface area contributed by atoms with Crippen molar-refractivity contribution in [2.24, 2.45) is 0 Å². The molecule has 2 aromatic rings. The number of carbonyl (C=O) groups excluding carboxylic acids is 2. The molecule has 1 N–H and O–H groups in total. The Morgan fingerprint density at radius 2 is 1.93 bits per heavy atom. The number of nitrogens with zero attached hydrogens (tertiary/aromatic N) is 1. The van der Waals surface area contributed by atoms with E-state index >= 15 is 0 Å². The molecule has 1 heterocycles. The Morgan fingerprint density at radius 3 is 2.62 bits per heavy atom. The average Bonchev–Trinajstić information content (AvgIpc) is 3.01. The molecule has 0 spiro atoms. The van der Waals surface area contributed by atoms with Gasteiger partial charge in [-0.15, -0.1) is 0 Å². The predicted octanol–water partition coefficient (Wildman–Crippen LogP) is 3.49. The zero-order chi connectivity index (χ0) is 21.2. The number of benzene rings is 2. The van der Waals surface area contributed by atoms with Gasteiger partial charge in [0.25, 0.3) is 0 Å². The van der Waals surface area contributed by atoms with Gasteiger partial charge < -0.3 is 10.2 Å². The van der Waals surface area contributed by atoms with Crippen LogP contribution in [-0.4, -0.2) is 32.0 Å². The fourth-order valence-electron chi connectivity index (χ4n) is 3.64. The second kappa shape index (κ2) is 8.37. The molecule has 1 unspecified atom stereocenters. The SMILES string of the molecule is CCC(=O)N1c2ccc(S(=O)(=O)CCC(=O)Nc3cccc(C)c3)cc2CC1C. The van der Waals surface area contributed by atoms with E-state index in [1.807, 2.05) is 39.0 Å². The zero-order valence-electron chi connectivity index (χ0n) is 16.9. The van der Waals surface area contributed by atoms with Crippen molar-refractivity contribution in [1.82, 2.24) is 0 Å². The highest BCUT2D eigenvalue weighted by Gasteiger charge is 2.31. The smallest absolute Gasteiger partial charge is 0.226 e. The van der Waals surface area contributed by atoms with Crippen molar-refractivity contribution in [2.45, 2.75) is 51.0 Å². The summed E-state index contributed by atoms with van der Waals surface area (Å²) in [7, 11) is -3.60. The molecule has 6 nitrogen and oxygen atoms in total. The number of nitrogens with one attached hydrogen (secondary N) is 1. The molecule has 0 aromatic heterocycles. The van der Waals surface area contributed by atoms with Gasteiger partial charge in [0.15, 0.2) is 9.84 Å². The number of aryl methyl sites for hydroxylation is 1. The normalized spacial score (nSPS) is 15.8. The molecule has 3 rings (SSSR count). The number of rotatable bonds is 6. The van der Waals surface area contributed by atoms with Gasteiger partial charge in [-0.2, -0.15) is 0 Å². The largest absolute Gasteiger partial charge is 0.326 e. The molecule has 1 aliphatic heterocycles. The molecule has 0 aliphatic carbocycles. The Bertz CT molecular complexity index is 1050. The third-order valence-electron chi connectivity index (χ3n) is 5.10. The van der Waals surface area contributed by atoms with E-state index in [1.165, 1.54) is 6.07 Å².